The van der Waals surface area contributed by atoms with Crippen LogP contribution in [-0.2, 0) is 4.65 Å². The van der Waals surface area contributed by atoms with Gasteiger partial charge in [0.25, 0.3) is 0 Å². The maximum absolute atomic E-state index is 9.90. The normalized spacial score (nSPS) is 12.9. The monoisotopic (exact) mass is 307 g/mol. The second-order valence-electron chi connectivity index (χ2n) is 4.55. The van der Waals surface area contributed by atoms with E-state index in [1.54, 1.807) is 33.2 Å². The Bertz CT molecular complexity index is 364. The van der Waals surface area contributed by atoms with Crippen LogP contribution < -0.4 is 4.78 Å². The number of hydrogen-bond acceptors (Lipinski definition) is 5. The number of aliphatic hydroxyl groups is 1. The van der Waals surface area contributed by atoms with Crippen LogP contribution in [0, 0.1) is 0 Å². The third-order valence-corrected chi connectivity index (χ3v) is 4.41. The highest BCUT2D eigenvalue weighted by molar-refractivity contribution is 9.10. The summed E-state index contributed by atoms with van der Waals surface area (Å²) in [5.41, 5.74) is -0.302. The second kappa shape index (κ2) is 4.74. The van der Waals surface area contributed by atoms with E-state index in [1.807, 2.05) is 0 Å². The Morgan fingerprint density at radius 3 is 2.38 bits per heavy atom. The molecule has 4 nitrogen and oxygen atoms in total. The maximum atomic E-state index is 9.90. The molecule has 0 aliphatic rings. The van der Waals surface area contributed by atoms with Crippen molar-refractivity contribution in [1.82, 2.24) is 4.98 Å². The van der Waals surface area contributed by atoms with Crippen LogP contribution in [0.4, 0.5) is 0 Å². The van der Waals surface area contributed by atoms with E-state index < -0.39 is 18.3 Å². The van der Waals surface area contributed by atoms with Gasteiger partial charge in [-0.3, -0.25) is 0 Å². The van der Waals surface area contributed by atoms with Crippen molar-refractivity contribution < 1.29 is 14.8 Å². The van der Waals surface area contributed by atoms with Gasteiger partial charge in [-0.15, -0.1) is 11.3 Å². The predicted octanol–water partition coefficient (Wildman–Crippen LogP) is 1.16. The standard InChI is InChI=1S/C9H15BBrNO3S/c1-8(2,13)9(3,4)15-10(14)6-7(11)12-5-16-6/h5,13-14H,1-4H3. The number of halogens is 1. The fourth-order valence-electron chi connectivity index (χ4n) is 0.879. The lowest BCUT2D eigenvalue weighted by Crippen LogP contribution is -2.52. The smallest absolute Gasteiger partial charge is 0.422 e. The molecule has 0 saturated heterocycles. The average Bonchev–Trinajstić information content (AvgIpc) is 2.48. The SMILES string of the molecule is CC(C)(O)C(C)(C)OB(O)c1scnc1Br. The van der Waals surface area contributed by atoms with E-state index in [4.69, 9.17) is 4.65 Å². The molecule has 1 aromatic heterocycles. The van der Waals surface area contributed by atoms with Crippen LogP contribution in [0.5, 0.6) is 0 Å². The average molecular weight is 308 g/mol. The highest BCUT2D eigenvalue weighted by Gasteiger charge is 2.40. The van der Waals surface area contributed by atoms with Gasteiger partial charge in [0.1, 0.15) is 4.60 Å². The van der Waals surface area contributed by atoms with E-state index in [1.165, 1.54) is 11.3 Å². The molecule has 0 aromatic carbocycles. The highest BCUT2D eigenvalue weighted by atomic mass is 79.9. The molecule has 0 unspecified atom stereocenters. The van der Waals surface area contributed by atoms with Crippen molar-refractivity contribution in [2.24, 2.45) is 0 Å². The maximum Gasteiger partial charge on any atom is 0.505 e. The van der Waals surface area contributed by atoms with E-state index in [0.717, 1.165) is 0 Å². The summed E-state index contributed by atoms with van der Waals surface area (Å²) in [6, 6.07) is 0. The molecular formula is C9H15BBrNO3S. The van der Waals surface area contributed by atoms with Crippen LogP contribution >= 0.6 is 27.3 Å². The Hall–Kier alpha value is 0.0549. The number of aromatic nitrogens is 1. The Kier molecular flexibility index (Phi) is 4.18. The molecular weight excluding hydrogens is 293 g/mol. The number of rotatable bonds is 4. The van der Waals surface area contributed by atoms with Crippen LogP contribution in [0.25, 0.3) is 0 Å². The number of hydrogen-bond donors (Lipinski definition) is 2. The molecule has 7 heteroatoms. The van der Waals surface area contributed by atoms with Crippen LogP contribution in [0.1, 0.15) is 27.7 Å². The zero-order chi connectivity index (χ0) is 12.6. The summed E-state index contributed by atoms with van der Waals surface area (Å²) in [6.07, 6.45) is 0. The lowest BCUT2D eigenvalue weighted by molar-refractivity contribution is -0.0982. The molecule has 16 heavy (non-hydrogen) atoms. The first-order chi connectivity index (χ1) is 7.15. The minimum atomic E-state index is -1.09. The lowest BCUT2D eigenvalue weighted by atomic mass is 9.82. The van der Waals surface area contributed by atoms with Gasteiger partial charge in [0.2, 0.25) is 0 Å². The zero-order valence-corrected chi connectivity index (χ0v) is 12.1. The van der Waals surface area contributed by atoms with Crippen LogP contribution in [0.2, 0.25) is 0 Å². The first-order valence-corrected chi connectivity index (χ1v) is 6.49. The summed E-state index contributed by atoms with van der Waals surface area (Å²) in [5, 5.41) is 19.8. The minimum Gasteiger partial charge on any atom is -0.422 e. The van der Waals surface area contributed by atoms with E-state index >= 15 is 0 Å². The molecule has 0 aliphatic carbocycles. The summed E-state index contributed by atoms with van der Waals surface area (Å²) in [7, 11) is -1.09. The third kappa shape index (κ3) is 3.04. The van der Waals surface area contributed by atoms with Crippen molar-refractivity contribution >= 4 is 39.2 Å². The van der Waals surface area contributed by atoms with E-state index in [0.29, 0.717) is 9.38 Å². The van der Waals surface area contributed by atoms with Crippen LogP contribution in [0.15, 0.2) is 10.1 Å². The van der Waals surface area contributed by atoms with Gasteiger partial charge in [-0.25, -0.2) is 4.98 Å². The van der Waals surface area contributed by atoms with Gasteiger partial charge < -0.3 is 14.8 Å². The summed E-state index contributed by atoms with van der Waals surface area (Å²) in [6.45, 7) is 6.74. The van der Waals surface area contributed by atoms with E-state index in [2.05, 4.69) is 20.9 Å². The molecule has 1 rings (SSSR count). The Morgan fingerprint density at radius 2 is 2.00 bits per heavy atom. The van der Waals surface area contributed by atoms with Crippen molar-refractivity contribution in [3.8, 4) is 0 Å². The van der Waals surface area contributed by atoms with Gasteiger partial charge in [-0.2, -0.15) is 0 Å². The Balaban J connectivity index is 2.80. The van der Waals surface area contributed by atoms with Gasteiger partial charge in [0, 0.05) is 0 Å². The quantitative estimate of drug-likeness (QED) is 0.820. The van der Waals surface area contributed by atoms with Crippen molar-refractivity contribution in [1.29, 1.82) is 0 Å². The number of nitrogens with zero attached hydrogens (tertiary/aromatic N) is 1. The molecule has 90 valence electrons. The van der Waals surface area contributed by atoms with Crippen molar-refractivity contribution in [3.63, 3.8) is 0 Å². The molecule has 0 aliphatic heterocycles. The molecule has 1 aromatic rings. The predicted molar refractivity (Wildman–Crippen MR) is 68.9 cm³/mol. The van der Waals surface area contributed by atoms with E-state index in [-0.39, 0.29) is 0 Å². The zero-order valence-electron chi connectivity index (χ0n) is 9.69. The summed E-state index contributed by atoms with van der Waals surface area (Å²) in [4.78, 5) is 3.96. The van der Waals surface area contributed by atoms with Crippen molar-refractivity contribution in [2.75, 3.05) is 0 Å². The molecule has 0 atom stereocenters. The Labute approximate surface area is 108 Å². The second-order valence-corrected chi connectivity index (χ2v) is 6.18. The molecule has 0 amide bonds. The lowest BCUT2D eigenvalue weighted by Gasteiger charge is -2.38. The Morgan fingerprint density at radius 1 is 1.44 bits per heavy atom. The topological polar surface area (TPSA) is 62.6 Å². The molecule has 2 N–H and O–H groups in total. The first-order valence-electron chi connectivity index (χ1n) is 4.82. The summed E-state index contributed by atoms with van der Waals surface area (Å²) in [5.74, 6) is 0. The molecule has 1 heterocycles. The molecule has 0 radical (unpaired) electrons. The van der Waals surface area contributed by atoms with Gasteiger partial charge >= 0.3 is 7.12 Å². The molecule has 0 fully saturated rings. The van der Waals surface area contributed by atoms with Crippen LogP contribution in [0.3, 0.4) is 0 Å². The van der Waals surface area contributed by atoms with Crippen LogP contribution in [-0.4, -0.2) is 33.4 Å². The van der Waals surface area contributed by atoms with E-state index in [9.17, 15) is 10.1 Å². The fraction of sp³-hybridized carbons (Fsp3) is 0.667. The van der Waals surface area contributed by atoms with Gasteiger partial charge in [-0.05, 0) is 43.6 Å². The van der Waals surface area contributed by atoms with Gasteiger partial charge in [0.15, 0.2) is 0 Å². The largest absolute Gasteiger partial charge is 0.505 e. The fourth-order valence-corrected chi connectivity index (χ4v) is 2.18. The molecule has 0 bridgehead atoms. The summed E-state index contributed by atoms with van der Waals surface area (Å²) >= 11 is 4.52. The third-order valence-electron chi connectivity index (χ3n) is 2.65. The van der Waals surface area contributed by atoms with Gasteiger partial charge in [-0.1, -0.05) is 0 Å². The molecule has 0 saturated carbocycles. The molecule has 0 spiro atoms. The summed E-state index contributed by atoms with van der Waals surface area (Å²) < 4.78 is 6.63. The minimum absolute atomic E-state index is 0.566. The van der Waals surface area contributed by atoms with Crippen molar-refractivity contribution in [3.05, 3.63) is 10.1 Å². The number of thiazole rings is 1. The van der Waals surface area contributed by atoms with Gasteiger partial charge in [0.05, 0.1) is 21.5 Å². The van der Waals surface area contributed by atoms with Crippen molar-refractivity contribution in [2.45, 2.75) is 38.9 Å². The highest BCUT2D eigenvalue weighted by Crippen LogP contribution is 2.25. The first kappa shape index (κ1) is 14.1.